The van der Waals surface area contributed by atoms with Gasteiger partial charge in [-0.2, -0.15) is 0 Å². The van der Waals surface area contributed by atoms with E-state index in [1.54, 1.807) is 24.3 Å². The van der Waals surface area contributed by atoms with Crippen molar-refractivity contribution in [2.24, 2.45) is 0 Å². The Morgan fingerprint density at radius 2 is 1.69 bits per heavy atom. The van der Waals surface area contributed by atoms with Crippen molar-refractivity contribution in [2.75, 3.05) is 25.5 Å². The predicted molar refractivity (Wildman–Crippen MR) is 114 cm³/mol. The third-order valence-corrected chi connectivity index (χ3v) is 7.49. The first kappa shape index (κ1) is 21.8. The average molecular weight is 436 g/mol. The number of nitrogens with one attached hydrogen (secondary N) is 1. The lowest BCUT2D eigenvalue weighted by molar-refractivity contribution is -0.121. The Hall–Kier alpha value is -1.89. The monoisotopic (exact) mass is 435 g/mol. The van der Waals surface area contributed by atoms with Crippen LogP contribution in [0.5, 0.6) is 0 Å². The summed E-state index contributed by atoms with van der Waals surface area (Å²) in [7, 11) is -3.48. The summed E-state index contributed by atoms with van der Waals surface area (Å²) in [5.74, 6) is -0.473. The maximum Gasteiger partial charge on any atom is 0.221 e. The summed E-state index contributed by atoms with van der Waals surface area (Å²) < 4.78 is 30.4. The molecule has 1 heterocycles. The average Bonchev–Trinajstić information content (AvgIpc) is 2.72. The summed E-state index contributed by atoms with van der Waals surface area (Å²) in [6, 6.07) is 14.4. The zero-order valence-corrected chi connectivity index (χ0v) is 18.1. The molecule has 5 nitrogen and oxygen atoms in total. The van der Waals surface area contributed by atoms with E-state index in [2.05, 4.69) is 5.32 Å². The van der Waals surface area contributed by atoms with Gasteiger partial charge >= 0.3 is 0 Å². The minimum atomic E-state index is -3.48. The lowest BCUT2D eigenvalue weighted by Crippen LogP contribution is -2.44. The van der Waals surface area contributed by atoms with Crippen molar-refractivity contribution >= 4 is 27.3 Å². The van der Waals surface area contributed by atoms with Crippen LogP contribution in [-0.4, -0.2) is 39.8 Å². The van der Waals surface area contributed by atoms with E-state index < -0.39 is 9.84 Å². The largest absolute Gasteiger partial charge is 0.381 e. The first-order valence-electron chi connectivity index (χ1n) is 9.71. The SMILES string of the molecule is Cc1ccc(S(=O)(=O)CCC(=O)NCC2(c3ccc(Cl)cc3)CCOCC2)cc1. The van der Waals surface area contributed by atoms with Crippen molar-refractivity contribution < 1.29 is 17.9 Å². The van der Waals surface area contributed by atoms with Crippen LogP contribution in [0.4, 0.5) is 0 Å². The normalized spacial score (nSPS) is 16.3. The molecular formula is C22H26ClNO4S. The number of amides is 1. The molecule has 7 heteroatoms. The van der Waals surface area contributed by atoms with Crippen LogP contribution in [0.15, 0.2) is 53.4 Å². The van der Waals surface area contributed by atoms with Crippen molar-refractivity contribution in [1.29, 1.82) is 0 Å². The number of hydrogen-bond acceptors (Lipinski definition) is 4. The smallest absolute Gasteiger partial charge is 0.221 e. The van der Waals surface area contributed by atoms with E-state index in [1.807, 2.05) is 31.2 Å². The second-order valence-electron chi connectivity index (χ2n) is 7.56. The van der Waals surface area contributed by atoms with E-state index >= 15 is 0 Å². The lowest BCUT2D eigenvalue weighted by atomic mass is 9.74. The van der Waals surface area contributed by atoms with E-state index in [-0.39, 0.29) is 28.4 Å². The molecule has 1 amide bonds. The molecule has 0 bridgehead atoms. The van der Waals surface area contributed by atoms with Crippen LogP contribution < -0.4 is 5.32 Å². The van der Waals surface area contributed by atoms with Crippen molar-refractivity contribution in [3.05, 3.63) is 64.7 Å². The Labute approximate surface area is 177 Å². The van der Waals surface area contributed by atoms with Crippen LogP contribution in [0.3, 0.4) is 0 Å². The Kier molecular flexibility index (Phi) is 6.98. The Morgan fingerprint density at radius 3 is 2.31 bits per heavy atom. The summed E-state index contributed by atoms with van der Waals surface area (Å²) in [5, 5.41) is 3.62. The molecule has 156 valence electrons. The van der Waals surface area contributed by atoms with Gasteiger partial charge in [0.05, 0.1) is 10.6 Å². The third-order valence-electron chi connectivity index (χ3n) is 5.51. The predicted octanol–water partition coefficient (Wildman–Crippen LogP) is 3.68. The minimum absolute atomic E-state index is 0.0661. The molecule has 0 radical (unpaired) electrons. The molecule has 0 spiro atoms. The summed E-state index contributed by atoms with van der Waals surface area (Å²) in [5.41, 5.74) is 1.87. The van der Waals surface area contributed by atoms with Gasteiger partial charge in [-0.3, -0.25) is 4.79 Å². The first-order chi connectivity index (χ1) is 13.8. The second kappa shape index (κ2) is 9.28. The van der Waals surface area contributed by atoms with E-state index in [9.17, 15) is 13.2 Å². The zero-order chi connectivity index (χ0) is 20.9. The molecule has 0 unspecified atom stereocenters. The number of carbonyl (C=O) groups excluding carboxylic acids is 1. The molecule has 0 saturated carbocycles. The standard InChI is InChI=1S/C22H26ClNO4S/c1-17-2-8-20(9-3-17)29(26,27)15-10-21(25)24-16-22(11-13-28-14-12-22)18-4-6-19(23)7-5-18/h2-9H,10-16H2,1H3,(H,24,25). The number of benzene rings is 2. The van der Waals surface area contributed by atoms with E-state index in [0.29, 0.717) is 24.8 Å². The van der Waals surface area contributed by atoms with Gasteiger partial charge in [0.25, 0.3) is 0 Å². The number of rotatable bonds is 7. The molecule has 2 aromatic rings. The number of hydrogen-bond donors (Lipinski definition) is 1. The third kappa shape index (κ3) is 5.59. The second-order valence-corrected chi connectivity index (χ2v) is 10.1. The van der Waals surface area contributed by atoms with Crippen LogP contribution in [0.2, 0.25) is 5.02 Å². The van der Waals surface area contributed by atoms with E-state index in [4.69, 9.17) is 16.3 Å². The Morgan fingerprint density at radius 1 is 1.07 bits per heavy atom. The molecule has 0 atom stereocenters. The molecule has 0 aliphatic carbocycles. The van der Waals surface area contributed by atoms with Gasteiger partial charge in [0.2, 0.25) is 5.91 Å². The van der Waals surface area contributed by atoms with Crippen molar-refractivity contribution in [3.8, 4) is 0 Å². The maximum absolute atomic E-state index is 12.5. The summed E-state index contributed by atoms with van der Waals surface area (Å²) in [4.78, 5) is 12.7. The van der Waals surface area contributed by atoms with Crippen molar-refractivity contribution in [3.63, 3.8) is 0 Å². The highest BCUT2D eigenvalue weighted by molar-refractivity contribution is 7.91. The zero-order valence-electron chi connectivity index (χ0n) is 16.5. The van der Waals surface area contributed by atoms with Crippen molar-refractivity contribution in [1.82, 2.24) is 5.32 Å². The Bertz CT molecular complexity index is 934. The summed E-state index contributed by atoms with van der Waals surface area (Å²) in [6.45, 7) is 3.60. The van der Waals surface area contributed by atoms with Crippen LogP contribution >= 0.6 is 11.6 Å². The molecule has 1 saturated heterocycles. The molecule has 3 rings (SSSR count). The number of sulfone groups is 1. The first-order valence-corrected chi connectivity index (χ1v) is 11.7. The van der Waals surface area contributed by atoms with Gasteiger partial charge < -0.3 is 10.1 Å². The van der Waals surface area contributed by atoms with Crippen LogP contribution in [0.25, 0.3) is 0 Å². The quantitative estimate of drug-likeness (QED) is 0.720. The molecule has 29 heavy (non-hydrogen) atoms. The molecule has 1 aliphatic rings. The molecule has 0 aromatic heterocycles. The van der Waals surface area contributed by atoms with E-state index in [1.165, 1.54) is 0 Å². The molecule has 2 aromatic carbocycles. The number of halogens is 1. The van der Waals surface area contributed by atoms with Gasteiger partial charge in [-0.05, 0) is 49.6 Å². The summed E-state index contributed by atoms with van der Waals surface area (Å²) in [6.07, 6.45) is 1.51. The highest BCUT2D eigenvalue weighted by Crippen LogP contribution is 2.35. The number of ether oxygens (including phenoxy) is 1. The van der Waals surface area contributed by atoms with Crippen LogP contribution in [0, 0.1) is 6.92 Å². The number of aryl methyl sites for hydroxylation is 1. The van der Waals surface area contributed by atoms with Crippen LogP contribution in [-0.2, 0) is 24.8 Å². The van der Waals surface area contributed by atoms with Gasteiger partial charge in [0.15, 0.2) is 9.84 Å². The van der Waals surface area contributed by atoms with Gasteiger partial charge in [0.1, 0.15) is 0 Å². The molecule has 1 fully saturated rings. The van der Waals surface area contributed by atoms with E-state index in [0.717, 1.165) is 24.0 Å². The van der Waals surface area contributed by atoms with Gasteiger partial charge in [-0.1, -0.05) is 41.4 Å². The van der Waals surface area contributed by atoms with Gasteiger partial charge in [-0.15, -0.1) is 0 Å². The highest BCUT2D eigenvalue weighted by Gasteiger charge is 2.35. The summed E-state index contributed by atoms with van der Waals surface area (Å²) >= 11 is 6.02. The minimum Gasteiger partial charge on any atom is -0.381 e. The molecular weight excluding hydrogens is 410 g/mol. The molecule has 1 N–H and O–H groups in total. The lowest BCUT2D eigenvalue weighted by Gasteiger charge is -2.38. The number of carbonyl (C=O) groups is 1. The van der Waals surface area contributed by atoms with Gasteiger partial charge in [0, 0.05) is 36.6 Å². The highest BCUT2D eigenvalue weighted by atomic mass is 35.5. The van der Waals surface area contributed by atoms with Crippen LogP contribution in [0.1, 0.15) is 30.4 Å². The topological polar surface area (TPSA) is 72.5 Å². The van der Waals surface area contributed by atoms with Gasteiger partial charge in [-0.25, -0.2) is 8.42 Å². The maximum atomic E-state index is 12.5. The fourth-order valence-electron chi connectivity index (χ4n) is 3.58. The fourth-order valence-corrected chi connectivity index (χ4v) is 4.95. The van der Waals surface area contributed by atoms with Crippen molar-refractivity contribution in [2.45, 2.75) is 36.5 Å². The Balaban J connectivity index is 1.61. The molecule has 1 aliphatic heterocycles. The fraction of sp³-hybridized carbons (Fsp3) is 0.409.